The van der Waals surface area contributed by atoms with Gasteiger partial charge in [-0.3, -0.25) is 0 Å². The van der Waals surface area contributed by atoms with Crippen molar-refractivity contribution in [2.45, 2.75) is 13.1 Å². The van der Waals surface area contributed by atoms with E-state index in [1.807, 2.05) is 30.3 Å². The maximum atomic E-state index is 5.31. The lowest BCUT2D eigenvalue weighted by molar-refractivity contribution is 0.396. The Balaban J connectivity index is 1.98. The third kappa shape index (κ3) is 3.05. The minimum atomic E-state index is 0.688. The Bertz CT molecular complexity index is 480. The third-order valence-corrected chi connectivity index (χ3v) is 2.68. The highest BCUT2D eigenvalue weighted by Crippen LogP contribution is 2.23. The van der Waals surface area contributed by atoms with Gasteiger partial charge < -0.3 is 19.2 Å². The van der Waals surface area contributed by atoms with Crippen LogP contribution in [0.25, 0.3) is 0 Å². The molecule has 0 aliphatic carbocycles. The van der Waals surface area contributed by atoms with Gasteiger partial charge in [0.15, 0.2) is 0 Å². The molecule has 18 heavy (non-hydrogen) atoms. The van der Waals surface area contributed by atoms with Crippen molar-refractivity contribution in [2.75, 3.05) is 14.2 Å². The Morgan fingerprint density at radius 2 is 2.00 bits per heavy atom. The summed E-state index contributed by atoms with van der Waals surface area (Å²) in [5, 5.41) is 3.30. The van der Waals surface area contributed by atoms with Crippen LogP contribution in [0.4, 0.5) is 0 Å². The van der Waals surface area contributed by atoms with E-state index in [2.05, 4.69) is 5.32 Å². The molecule has 0 spiro atoms. The second-order valence-electron chi connectivity index (χ2n) is 3.86. The number of rotatable bonds is 6. The zero-order valence-electron chi connectivity index (χ0n) is 10.6. The molecule has 0 amide bonds. The first-order valence-corrected chi connectivity index (χ1v) is 5.77. The fourth-order valence-electron chi connectivity index (χ4n) is 1.75. The minimum Gasteiger partial charge on any atom is -0.497 e. The summed E-state index contributed by atoms with van der Waals surface area (Å²) < 4.78 is 15.8. The van der Waals surface area contributed by atoms with Crippen molar-refractivity contribution in [3.05, 3.63) is 47.9 Å². The summed E-state index contributed by atoms with van der Waals surface area (Å²) in [5.41, 5.74) is 1.06. The Morgan fingerprint density at radius 3 is 2.67 bits per heavy atom. The van der Waals surface area contributed by atoms with Gasteiger partial charge in [-0.15, -0.1) is 0 Å². The van der Waals surface area contributed by atoms with Crippen LogP contribution < -0.4 is 14.8 Å². The van der Waals surface area contributed by atoms with Crippen molar-refractivity contribution in [3.63, 3.8) is 0 Å². The summed E-state index contributed by atoms with van der Waals surface area (Å²) in [5.74, 6) is 2.59. The van der Waals surface area contributed by atoms with Crippen LogP contribution in [0.1, 0.15) is 11.3 Å². The molecule has 2 rings (SSSR count). The molecule has 0 atom stereocenters. The molecule has 0 aliphatic heterocycles. The third-order valence-electron chi connectivity index (χ3n) is 2.68. The van der Waals surface area contributed by atoms with E-state index in [4.69, 9.17) is 13.9 Å². The molecule has 1 aromatic carbocycles. The first kappa shape index (κ1) is 12.5. The predicted octanol–water partition coefficient (Wildman–Crippen LogP) is 2.59. The highest BCUT2D eigenvalue weighted by molar-refractivity contribution is 5.40. The summed E-state index contributed by atoms with van der Waals surface area (Å²) in [4.78, 5) is 0. The van der Waals surface area contributed by atoms with Gasteiger partial charge in [-0.25, -0.2) is 0 Å². The van der Waals surface area contributed by atoms with Crippen molar-refractivity contribution in [2.24, 2.45) is 0 Å². The summed E-state index contributed by atoms with van der Waals surface area (Å²) in [6.45, 7) is 1.38. The number of hydrogen-bond acceptors (Lipinski definition) is 4. The van der Waals surface area contributed by atoms with E-state index < -0.39 is 0 Å². The second kappa shape index (κ2) is 6.12. The molecule has 1 N–H and O–H groups in total. The Morgan fingerprint density at radius 1 is 1.11 bits per heavy atom. The number of furan rings is 1. The van der Waals surface area contributed by atoms with E-state index in [0.29, 0.717) is 13.1 Å². The standard InChI is InChI=1S/C14H17NO3/c1-16-12-5-6-14(17-2)11(8-12)9-15-10-13-4-3-7-18-13/h3-8,15H,9-10H2,1-2H3. The molecule has 1 heterocycles. The minimum absolute atomic E-state index is 0.688. The van der Waals surface area contributed by atoms with Gasteiger partial charge >= 0.3 is 0 Å². The van der Waals surface area contributed by atoms with E-state index in [1.165, 1.54) is 0 Å². The van der Waals surface area contributed by atoms with E-state index >= 15 is 0 Å². The van der Waals surface area contributed by atoms with Gasteiger partial charge in [-0.05, 0) is 30.3 Å². The summed E-state index contributed by atoms with van der Waals surface area (Å²) in [7, 11) is 3.32. The largest absolute Gasteiger partial charge is 0.497 e. The zero-order valence-corrected chi connectivity index (χ0v) is 10.6. The smallest absolute Gasteiger partial charge is 0.123 e. The maximum Gasteiger partial charge on any atom is 0.123 e. The molecule has 0 bridgehead atoms. The van der Waals surface area contributed by atoms with Crippen LogP contribution in [0, 0.1) is 0 Å². The molecular formula is C14H17NO3. The number of nitrogens with one attached hydrogen (secondary N) is 1. The van der Waals surface area contributed by atoms with Crippen LogP contribution in [0.15, 0.2) is 41.0 Å². The number of hydrogen-bond donors (Lipinski definition) is 1. The van der Waals surface area contributed by atoms with Crippen LogP contribution in [0.3, 0.4) is 0 Å². The SMILES string of the molecule is COc1ccc(OC)c(CNCc2ccco2)c1. The monoisotopic (exact) mass is 247 g/mol. The molecule has 0 fully saturated rings. The van der Waals surface area contributed by atoms with Crippen LogP contribution >= 0.6 is 0 Å². The Kier molecular flexibility index (Phi) is 4.25. The van der Waals surface area contributed by atoms with Crippen LogP contribution in [-0.4, -0.2) is 14.2 Å². The number of methoxy groups -OCH3 is 2. The lowest BCUT2D eigenvalue weighted by Gasteiger charge is -2.10. The second-order valence-corrected chi connectivity index (χ2v) is 3.86. The van der Waals surface area contributed by atoms with E-state index in [1.54, 1.807) is 20.5 Å². The first-order valence-electron chi connectivity index (χ1n) is 5.77. The molecule has 4 heteroatoms. The highest BCUT2D eigenvalue weighted by atomic mass is 16.5. The average Bonchev–Trinajstić information content (AvgIpc) is 2.92. The number of benzene rings is 1. The lowest BCUT2D eigenvalue weighted by Crippen LogP contribution is -2.13. The van der Waals surface area contributed by atoms with Gasteiger partial charge in [0.25, 0.3) is 0 Å². The summed E-state index contributed by atoms with van der Waals surface area (Å²) in [6, 6.07) is 9.57. The molecule has 0 radical (unpaired) electrons. The topological polar surface area (TPSA) is 43.6 Å². The molecule has 0 aliphatic rings. The van der Waals surface area contributed by atoms with E-state index in [9.17, 15) is 0 Å². The van der Waals surface area contributed by atoms with E-state index in [-0.39, 0.29) is 0 Å². The fraction of sp³-hybridized carbons (Fsp3) is 0.286. The van der Waals surface area contributed by atoms with Gasteiger partial charge in [-0.2, -0.15) is 0 Å². The van der Waals surface area contributed by atoms with E-state index in [0.717, 1.165) is 22.8 Å². The van der Waals surface area contributed by atoms with Crippen molar-refractivity contribution in [1.82, 2.24) is 5.32 Å². The van der Waals surface area contributed by atoms with Crippen molar-refractivity contribution >= 4 is 0 Å². The molecule has 1 aromatic heterocycles. The van der Waals surface area contributed by atoms with Crippen molar-refractivity contribution < 1.29 is 13.9 Å². The van der Waals surface area contributed by atoms with Gasteiger partial charge in [0, 0.05) is 12.1 Å². The van der Waals surface area contributed by atoms with Crippen LogP contribution in [-0.2, 0) is 13.1 Å². The first-order chi connectivity index (χ1) is 8.83. The normalized spacial score (nSPS) is 10.3. The maximum absolute atomic E-state index is 5.31. The van der Waals surface area contributed by atoms with Gasteiger partial charge in [-0.1, -0.05) is 0 Å². The Labute approximate surface area is 107 Å². The predicted molar refractivity (Wildman–Crippen MR) is 68.8 cm³/mol. The quantitative estimate of drug-likeness (QED) is 0.852. The van der Waals surface area contributed by atoms with Crippen LogP contribution in [0.5, 0.6) is 11.5 Å². The molecule has 4 nitrogen and oxygen atoms in total. The Hall–Kier alpha value is -1.94. The molecule has 0 saturated heterocycles. The van der Waals surface area contributed by atoms with Crippen molar-refractivity contribution in [1.29, 1.82) is 0 Å². The summed E-state index contributed by atoms with van der Waals surface area (Å²) >= 11 is 0. The highest BCUT2D eigenvalue weighted by Gasteiger charge is 2.05. The summed E-state index contributed by atoms with van der Waals surface area (Å²) in [6.07, 6.45) is 1.67. The fourth-order valence-corrected chi connectivity index (χ4v) is 1.75. The molecule has 0 saturated carbocycles. The van der Waals surface area contributed by atoms with Gasteiger partial charge in [0.1, 0.15) is 17.3 Å². The lowest BCUT2D eigenvalue weighted by atomic mass is 10.2. The number of ether oxygens (including phenoxy) is 2. The molecule has 96 valence electrons. The molecular weight excluding hydrogens is 230 g/mol. The zero-order chi connectivity index (χ0) is 12.8. The van der Waals surface area contributed by atoms with Gasteiger partial charge in [0.2, 0.25) is 0 Å². The van der Waals surface area contributed by atoms with Gasteiger partial charge in [0.05, 0.1) is 27.0 Å². The molecule has 0 unspecified atom stereocenters. The molecule has 2 aromatic rings. The van der Waals surface area contributed by atoms with Crippen LogP contribution in [0.2, 0.25) is 0 Å². The van der Waals surface area contributed by atoms with Crippen molar-refractivity contribution in [3.8, 4) is 11.5 Å². The average molecular weight is 247 g/mol.